The van der Waals surface area contributed by atoms with E-state index in [1.807, 2.05) is 42.5 Å². The molecule has 0 aliphatic heterocycles. The Morgan fingerprint density at radius 1 is 1.15 bits per heavy atom. The maximum Gasteiger partial charge on any atom is 0.256 e. The summed E-state index contributed by atoms with van der Waals surface area (Å²) in [7, 11) is 0. The molecule has 4 nitrogen and oxygen atoms in total. The SMILES string of the molecule is CC1(F)C=c2c(c3[nH]c(-c4ccccc4)nc3c3cc[nH]c(=O)c23)=CC1. The van der Waals surface area contributed by atoms with Crippen LogP contribution >= 0.6 is 0 Å². The summed E-state index contributed by atoms with van der Waals surface area (Å²) in [4.78, 5) is 23.4. The van der Waals surface area contributed by atoms with E-state index >= 15 is 0 Å². The van der Waals surface area contributed by atoms with Crippen molar-refractivity contribution in [2.45, 2.75) is 19.0 Å². The van der Waals surface area contributed by atoms with Gasteiger partial charge in [0.1, 0.15) is 11.5 Å². The Kier molecular flexibility index (Phi) is 2.98. The summed E-state index contributed by atoms with van der Waals surface area (Å²) in [5, 5.41) is 2.69. The van der Waals surface area contributed by atoms with Crippen molar-refractivity contribution in [1.82, 2.24) is 15.0 Å². The van der Waals surface area contributed by atoms with Crippen molar-refractivity contribution in [2.75, 3.05) is 0 Å². The average Bonchev–Trinajstić information content (AvgIpc) is 3.07. The van der Waals surface area contributed by atoms with Crippen molar-refractivity contribution < 1.29 is 4.39 Å². The van der Waals surface area contributed by atoms with Gasteiger partial charge in [0.25, 0.3) is 5.56 Å². The van der Waals surface area contributed by atoms with E-state index in [2.05, 4.69) is 9.97 Å². The number of alkyl halides is 1. The lowest BCUT2D eigenvalue weighted by Crippen LogP contribution is -2.37. The summed E-state index contributed by atoms with van der Waals surface area (Å²) in [5.41, 5.74) is 0.829. The molecule has 26 heavy (non-hydrogen) atoms. The van der Waals surface area contributed by atoms with Crippen LogP contribution in [-0.2, 0) is 0 Å². The molecule has 2 aromatic heterocycles. The van der Waals surface area contributed by atoms with E-state index in [9.17, 15) is 9.18 Å². The highest BCUT2D eigenvalue weighted by Crippen LogP contribution is 2.25. The van der Waals surface area contributed by atoms with Crippen LogP contribution in [0.5, 0.6) is 0 Å². The molecule has 2 N–H and O–H groups in total. The molecule has 0 spiro atoms. The van der Waals surface area contributed by atoms with Crippen LogP contribution in [0, 0.1) is 0 Å². The summed E-state index contributed by atoms with van der Waals surface area (Å²) in [6.07, 6.45) is 5.29. The fourth-order valence-corrected chi connectivity index (χ4v) is 3.73. The Morgan fingerprint density at radius 2 is 1.96 bits per heavy atom. The second-order valence-electron chi connectivity index (χ2n) is 6.93. The van der Waals surface area contributed by atoms with Gasteiger partial charge < -0.3 is 9.97 Å². The summed E-state index contributed by atoms with van der Waals surface area (Å²) >= 11 is 0. The van der Waals surface area contributed by atoms with Crippen LogP contribution < -0.4 is 16.0 Å². The van der Waals surface area contributed by atoms with Crippen molar-refractivity contribution in [3.8, 4) is 11.4 Å². The van der Waals surface area contributed by atoms with Gasteiger partial charge in [-0.3, -0.25) is 4.79 Å². The predicted octanol–water partition coefficient (Wildman–Crippen LogP) is 2.76. The zero-order chi connectivity index (χ0) is 17.9. The Balaban J connectivity index is 2.02. The third kappa shape index (κ3) is 2.13. The molecule has 1 atom stereocenters. The van der Waals surface area contributed by atoms with Gasteiger partial charge in [0.05, 0.1) is 16.4 Å². The summed E-state index contributed by atoms with van der Waals surface area (Å²) in [5.74, 6) is 0.734. The van der Waals surface area contributed by atoms with E-state index in [1.54, 1.807) is 12.3 Å². The lowest BCUT2D eigenvalue weighted by Gasteiger charge is -2.17. The first-order chi connectivity index (χ1) is 12.5. The fraction of sp³-hybridized carbons (Fsp3) is 0.143. The highest BCUT2D eigenvalue weighted by Gasteiger charge is 2.24. The molecular formula is C21H16FN3O. The first kappa shape index (κ1) is 15.1. The topological polar surface area (TPSA) is 61.5 Å². The Labute approximate surface area is 147 Å². The molecular weight excluding hydrogens is 329 g/mol. The van der Waals surface area contributed by atoms with Gasteiger partial charge in [0.2, 0.25) is 0 Å². The van der Waals surface area contributed by atoms with Gasteiger partial charge in [0.15, 0.2) is 0 Å². The highest BCUT2D eigenvalue weighted by atomic mass is 19.1. The van der Waals surface area contributed by atoms with Crippen LogP contribution in [0.1, 0.15) is 13.3 Å². The third-order valence-electron chi connectivity index (χ3n) is 4.95. The van der Waals surface area contributed by atoms with E-state index in [4.69, 9.17) is 4.98 Å². The second-order valence-corrected chi connectivity index (χ2v) is 6.93. The number of hydrogen-bond acceptors (Lipinski definition) is 2. The van der Waals surface area contributed by atoms with Gasteiger partial charge >= 0.3 is 0 Å². The Morgan fingerprint density at radius 3 is 2.77 bits per heavy atom. The van der Waals surface area contributed by atoms with Crippen molar-refractivity contribution in [1.29, 1.82) is 0 Å². The van der Waals surface area contributed by atoms with Gasteiger partial charge in [0, 0.05) is 28.8 Å². The highest BCUT2D eigenvalue weighted by molar-refractivity contribution is 6.05. The van der Waals surface area contributed by atoms with Gasteiger partial charge in [-0.25, -0.2) is 9.37 Å². The molecule has 5 heteroatoms. The zero-order valence-corrected chi connectivity index (χ0v) is 14.1. The summed E-state index contributed by atoms with van der Waals surface area (Å²) in [6.45, 7) is 1.53. The normalized spacial score (nSPS) is 19.2. The quantitative estimate of drug-likeness (QED) is 0.557. The van der Waals surface area contributed by atoms with Crippen LogP contribution in [0.4, 0.5) is 4.39 Å². The minimum absolute atomic E-state index is 0.229. The van der Waals surface area contributed by atoms with Crippen LogP contribution in [0.3, 0.4) is 0 Å². The van der Waals surface area contributed by atoms with Crippen molar-refractivity contribution in [2.24, 2.45) is 0 Å². The number of imidazole rings is 1. The van der Waals surface area contributed by atoms with Gasteiger partial charge in [-0.2, -0.15) is 0 Å². The van der Waals surface area contributed by atoms with E-state index in [1.165, 1.54) is 6.92 Å². The molecule has 1 aliphatic rings. The average molecular weight is 345 g/mol. The molecule has 0 radical (unpaired) electrons. The number of fused-ring (bicyclic) bond motifs is 6. The molecule has 128 valence electrons. The third-order valence-corrected chi connectivity index (χ3v) is 4.95. The number of nitrogens with zero attached hydrogens (tertiary/aromatic N) is 1. The van der Waals surface area contributed by atoms with Crippen molar-refractivity contribution in [3.63, 3.8) is 0 Å². The predicted molar refractivity (Wildman–Crippen MR) is 102 cm³/mol. The van der Waals surface area contributed by atoms with Gasteiger partial charge in [-0.1, -0.05) is 36.4 Å². The lowest BCUT2D eigenvalue weighted by atomic mass is 9.93. The number of aromatic nitrogens is 3. The number of pyridine rings is 1. The molecule has 1 aliphatic carbocycles. The number of rotatable bonds is 1. The van der Waals surface area contributed by atoms with E-state index in [0.29, 0.717) is 10.6 Å². The first-order valence-electron chi connectivity index (χ1n) is 8.54. The van der Waals surface area contributed by atoms with Crippen molar-refractivity contribution in [3.05, 3.63) is 63.4 Å². The number of hydrogen-bond donors (Lipinski definition) is 2. The fourth-order valence-electron chi connectivity index (χ4n) is 3.73. The molecule has 0 fully saturated rings. The first-order valence-corrected chi connectivity index (χ1v) is 8.54. The van der Waals surface area contributed by atoms with E-state index in [-0.39, 0.29) is 12.0 Å². The maximum atomic E-state index is 14.7. The van der Waals surface area contributed by atoms with Crippen LogP contribution in [-0.4, -0.2) is 20.6 Å². The molecule has 2 aromatic carbocycles. The lowest BCUT2D eigenvalue weighted by molar-refractivity contribution is 0.287. The Hall–Kier alpha value is -3.21. The molecule has 0 bridgehead atoms. The minimum atomic E-state index is -1.47. The molecule has 0 saturated carbocycles. The molecule has 5 rings (SSSR count). The minimum Gasteiger partial charge on any atom is -0.337 e. The van der Waals surface area contributed by atoms with Crippen molar-refractivity contribution >= 4 is 34.0 Å². The number of H-pyrrole nitrogens is 2. The van der Waals surface area contributed by atoms with Crippen LogP contribution in [0.2, 0.25) is 0 Å². The smallest absolute Gasteiger partial charge is 0.256 e. The largest absolute Gasteiger partial charge is 0.337 e. The number of halogens is 1. The molecule has 0 amide bonds. The summed E-state index contributed by atoms with van der Waals surface area (Å²) in [6, 6.07) is 11.6. The zero-order valence-electron chi connectivity index (χ0n) is 14.1. The maximum absolute atomic E-state index is 14.7. The standard InChI is InChI=1S/C21H16FN3O/c1-21(22)9-7-13-15(11-21)16-14(8-10-23-20(16)26)18-17(13)24-19(25-18)12-5-3-2-4-6-12/h2-8,10-11H,9H2,1H3,(H,23,26)(H,24,25). The Bertz CT molecular complexity index is 1350. The summed E-state index contributed by atoms with van der Waals surface area (Å²) < 4.78 is 14.7. The monoisotopic (exact) mass is 345 g/mol. The number of benzene rings is 2. The molecule has 2 heterocycles. The number of nitrogens with one attached hydrogen (secondary N) is 2. The van der Waals surface area contributed by atoms with E-state index < -0.39 is 5.67 Å². The molecule has 1 unspecified atom stereocenters. The molecule has 0 saturated heterocycles. The van der Waals surface area contributed by atoms with E-state index in [0.717, 1.165) is 33.0 Å². The second kappa shape index (κ2) is 5.14. The number of aromatic amines is 2. The van der Waals surface area contributed by atoms with Gasteiger partial charge in [-0.15, -0.1) is 0 Å². The molecule has 4 aromatic rings. The van der Waals surface area contributed by atoms with Crippen LogP contribution in [0.15, 0.2) is 47.4 Å². The van der Waals surface area contributed by atoms with Gasteiger partial charge in [-0.05, 0) is 24.3 Å². The van der Waals surface area contributed by atoms with Crippen LogP contribution in [0.25, 0.3) is 45.3 Å².